The third-order valence-electron chi connectivity index (χ3n) is 9.46. The van der Waals surface area contributed by atoms with E-state index in [0.717, 1.165) is 16.7 Å². The number of hydrogen-bond donors (Lipinski definition) is 5. The van der Waals surface area contributed by atoms with Crippen LogP contribution in [0.15, 0.2) is 128 Å². The van der Waals surface area contributed by atoms with Crippen molar-refractivity contribution in [1.29, 1.82) is 0 Å². The van der Waals surface area contributed by atoms with Crippen molar-refractivity contribution in [2.45, 2.75) is 94.9 Å². The highest BCUT2D eigenvalue weighted by Crippen LogP contribution is 2.48. The molecule has 0 aliphatic rings. The fourth-order valence-corrected chi connectivity index (χ4v) is 8.09. The summed E-state index contributed by atoms with van der Waals surface area (Å²) in [5.74, 6) is -2.17. The number of ether oxygens (including phenoxy) is 4. The molecular weight excluding hydrogens is 863 g/mol. The van der Waals surface area contributed by atoms with Crippen LogP contribution >= 0.6 is 11.8 Å². The third kappa shape index (κ3) is 16.7. The number of nitrogens with one attached hydrogen (secondary N) is 4. The van der Waals surface area contributed by atoms with Crippen LogP contribution in [0.25, 0.3) is 0 Å². The maximum absolute atomic E-state index is 14.1. The van der Waals surface area contributed by atoms with Gasteiger partial charge in [-0.15, -0.1) is 11.8 Å². The second-order valence-electron chi connectivity index (χ2n) is 17.2. The van der Waals surface area contributed by atoms with Gasteiger partial charge in [-0.25, -0.2) is 19.2 Å². The zero-order valence-corrected chi connectivity index (χ0v) is 39.1. The number of nitrogens with two attached hydrogens (primary N) is 1. The van der Waals surface area contributed by atoms with E-state index in [1.807, 2.05) is 91.0 Å². The highest BCUT2D eigenvalue weighted by Gasteiger charge is 2.39. The fraction of sp³-hybridized carbons (Fsp3) is 0.360. The Morgan fingerprint density at radius 2 is 1.18 bits per heavy atom. The number of carbonyl (C=O) groups is 6. The fourth-order valence-electron chi connectivity index (χ4n) is 6.53. The lowest BCUT2D eigenvalue weighted by Crippen LogP contribution is -2.54. The van der Waals surface area contributed by atoms with Gasteiger partial charge >= 0.3 is 24.2 Å². The Morgan fingerprint density at radius 1 is 0.667 bits per heavy atom. The zero-order chi connectivity index (χ0) is 48.3. The molecule has 0 heterocycles. The van der Waals surface area contributed by atoms with Gasteiger partial charge in [0.05, 0.1) is 10.8 Å². The van der Waals surface area contributed by atoms with Gasteiger partial charge in [-0.05, 0) is 88.8 Å². The van der Waals surface area contributed by atoms with Crippen LogP contribution in [0.1, 0.15) is 76.6 Å². The van der Waals surface area contributed by atoms with Crippen molar-refractivity contribution >= 4 is 47.8 Å². The van der Waals surface area contributed by atoms with Crippen LogP contribution in [-0.4, -0.2) is 84.3 Å². The SMILES string of the molecule is C=CCOC(=O)[C@H](Cc1ccc(OC(=O)NC(=O)[C@H](CSC(c2ccccc2)(c2ccccc2)c2ccccc2)NC(=O)[C@@H](N)CCCNC(=O)OC(C)(C)C)cc1)NC(=O)OC(C)(C)C. The predicted octanol–water partition coefficient (Wildman–Crippen LogP) is 7.31. The van der Waals surface area contributed by atoms with Gasteiger partial charge in [-0.2, -0.15) is 0 Å². The molecule has 0 unspecified atom stereocenters. The maximum Gasteiger partial charge on any atom is 0.419 e. The average molecular weight is 924 g/mol. The van der Waals surface area contributed by atoms with E-state index in [1.54, 1.807) is 53.7 Å². The van der Waals surface area contributed by atoms with Gasteiger partial charge in [0.15, 0.2) is 0 Å². The molecule has 16 heteroatoms. The number of imide groups is 1. The second-order valence-corrected chi connectivity index (χ2v) is 18.4. The molecule has 0 spiro atoms. The smallest absolute Gasteiger partial charge is 0.419 e. The highest BCUT2D eigenvalue weighted by atomic mass is 32.2. The summed E-state index contributed by atoms with van der Waals surface area (Å²) in [6.07, 6.45) is -0.610. The molecule has 0 saturated heterocycles. The molecule has 4 rings (SSSR count). The molecule has 0 radical (unpaired) electrons. The molecule has 5 amide bonds. The van der Waals surface area contributed by atoms with Gasteiger partial charge in [-0.3, -0.25) is 14.9 Å². The molecule has 4 aromatic rings. The predicted molar refractivity (Wildman–Crippen MR) is 254 cm³/mol. The first-order chi connectivity index (χ1) is 31.3. The van der Waals surface area contributed by atoms with Gasteiger partial charge in [-0.1, -0.05) is 116 Å². The Labute approximate surface area is 390 Å². The first-order valence-corrected chi connectivity index (χ1v) is 22.5. The lowest BCUT2D eigenvalue weighted by atomic mass is 9.84. The molecule has 4 aromatic carbocycles. The number of esters is 1. The summed E-state index contributed by atoms with van der Waals surface area (Å²) in [7, 11) is 0. The molecule has 0 aromatic heterocycles. The Balaban J connectivity index is 1.54. The average Bonchev–Trinajstić information content (AvgIpc) is 3.26. The van der Waals surface area contributed by atoms with Crippen molar-refractivity contribution in [3.05, 3.63) is 150 Å². The van der Waals surface area contributed by atoms with Crippen molar-refractivity contribution in [1.82, 2.24) is 21.3 Å². The van der Waals surface area contributed by atoms with E-state index in [0.29, 0.717) is 12.0 Å². The summed E-state index contributed by atoms with van der Waals surface area (Å²) >= 11 is 1.40. The topological polar surface area (TPSA) is 213 Å². The summed E-state index contributed by atoms with van der Waals surface area (Å²) in [4.78, 5) is 78.6. The number of thioether (sulfide) groups is 1. The van der Waals surface area contributed by atoms with E-state index in [2.05, 4.69) is 27.8 Å². The number of amides is 5. The van der Waals surface area contributed by atoms with Gasteiger partial charge in [0.1, 0.15) is 35.6 Å². The van der Waals surface area contributed by atoms with E-state index < -0.39 is 70.1 Å². The second kappa shape index (κ2) is 24.6. The molecule has 0 saturated carbocycles. The lowest BCUT2D eigenvalue weighted by Gasteiger charge is -2.36. The monoisotopic (exact) mass is 923 g/mol. The van der Waals surface area contributed by atoms with Crippen molar-refractivity contribution in [2.24, 2.45) is 5.73 Å². The van der Waals surface area contributed by atoms with Crippen LogP contribution < -0.4 is 31.7 Å². The largest absolute Gasteiger partial charge is 0.460 e. The number of rotatable bonds is 20. The number of benzene rings is 4. The Kier molecular flexibility index (Phi) is 19.4. The Morgan fingerprint density at radius 3 is 1.68 bits per heavy atom. The quantitative estimate of drug-likeness (QED) is 0.0194. The van der Waals surface area contributed by atoms with Crippen molar-refractivity contribution in [3.63, 3.8) is 0 Å². The van der Waals surface area contributed by atoms with Crippen LogP contribution in [0.4, 0.5) is 14.4 Å². The molecule has 0 aliphatic carbocycles. The maximum atomic E-state index is 14.1. The van der Waals surface area contributed by atoms with E-state index in [9.17, 15) is 28.8 Å². The summed E-state index contributed by atoms with van der Waals surface area (Å²) in [6.45, 7) is 14.0. The van der Waals surface area contributed by atoms with Crippen LogP contribution in [0, 0.1) is 0 Å². The molecule has 0 bridgehead atoms. The van der Waals surface area contributed by atoms with Crippen LogP contribution in [0.2, 0.25) is 0 Å². The Hall–Kier alpha value is -6.65. The van der Waals surface area contributed by atoms with E-state index in [4.69, 9.17) is 24.7 Å². The van der Waals surface area contributed by atoms with Crippen molar-refractivity contribution in [3.8, 4) is 5.75 Å². The minimum absolute atomic E-state index is 0.0120. The molecule has 0 fully saturated rings. The molecule has 15 nitrogen and oxygen atoms in total. The third-order valence-corrected chi connectivity index (χ3v) is 11.1. The zero-order valence-electron chi connectivity index (χ0n) is 38.3. The number of alkyl carbamates (subject to hydrolysis) is 2. The molecule has 6 N–H and O–H groups in total. The summed E-state index contributed by atoms with van der Waals surface area (Å²) in [5, 5.41) is 10.2. The standard InChI is InChI=1S/C50H61N5O10S/c1-8-31-62-44(58)40(54-47(61)65-49(5,6)7)32-34-26-28-38(29-27-34)63-46(60)55-43(57)41(53-42(56)39(51)25-18-30-52-45(59)64-48(2,3)4)33-66-50(35-19-12-9-13-20-35,36-21-14-10-15-22-36)37-23-16-11-17-24-37/h8-17,19-24,26-29,39-41H,1,18,25,30-33,51H2,2-7H3,(H,52,59)(H,53,56)(H,54,61)(H,55,57,60)/t39-,40-,41-/m0/s1. The Bertz CT molecular complexity index is 2130. The van der Waals surface area contributed by atoms with Crippen LogP contribution in [0.5, 0.6) is 5.75 Å². The first-order valence-electron chi connectivity index (χ1n) is 21.5. The van der Waals surface area contributed by atoms with Crippen molar-refractivity contribution in [2.75, 3.05) is 18.9 Å². The highest BCUT2D eigenvalue weighted by molar-refractivity contribution is 8.00. The lowest BCUT2D eigenvalue weighted by molar-refractivity contribution is -0.144. The van der Waals surface area contributed by atoms with Crippen LogP contribution in [0.3, 0.4) is 0 Å². The molecule has 352 valence electrons. The van der Waals surface area contributed by atoms with Gasteiger partial charge < -0.3 is 40.6 Å². The number of carbonyl (C=O) groups excluding carboxylic acids is 6. The minimum Gasteiger partial charge on any atom is -0.460 e. The summed E-state index contributed by atoms with van der Waals surface area (Å²) in [6, 6.07) is 31.9. The summed E-state index contributed by atoms with van der Waals surface area (Å²) in [5.41, 5.74) is 8.15. The normalized spacial score (nSPS) is 12.8. The van der Waals surface area contributed by atoms with E-state index >= 15 is 0 Å². The summed E-state index contributed by atoms with van der Waals surface area (Å²) < 4.78 is 20.4. The van der Waals surface area contributed by atoms with Gasteiger partial charge in [0, 0.05) is 18.7 Å². The van der Waals surface area contributed by atoms with Gasteiger partial charge in [0.25, 0.3) is 5.91 Å². The van der Waals surface area contributed by atoms with Crippen LogP contribution in [-0.2, 0) is 39.8 Å². The molecule has 66 heavy (non-hydrogen) atoms. The first kappa shape index (κ1) is 52.0. The minimum atomic E-state index is -1.30. The van der Waals surface area contributed by atoms with Crippen molar-refractivity contribution < 1.29 is 47.7 Å². The molecule has 3 atom stereocenters. The van der Waals surface area contributed by atoms with Gasteiger partial charge in [0.2, 0.25) is 5.91 Å². The van der Waals surface area contributed by atoms with E-state index in [1.165, 1.54) is 30.0 Å². The van der Waals surface area contributed by atoms with E-state index in [-0.39, 0.29) is 37.5 Å². The molecular formula is C50H61N5O10S. The molecule has 0 aliphatic heterocycles. The number of hydrogen-bond acceptors (Lipinski definition) is 12.